The summed E-state index contributed by atoms with van der Waals surface area (Å²) in [6, 6.07) is 24.5. The molecule has 0 aliphatic carbocycles. The lowest BCUT2D eigenvalue weighted by molar-refractivity contribution is 0.0533. The predicted octanol–water partition coefficient (Wildman–Crippen LogP) is 5.75. The molecule has 29 heavy (non-hydrogen) atoms. The highest BCUT2D eigenvalue weighted by molar-refractivity contribution is 7.17. The molecule has 2 aromatic carbocycles. The molecule has 0 unspecified atom stereocenters. The molecule has 0 bridgehead atoms. The lowest BCUT2D eigenvalue weighted by Gasteiger charge is -2.06. The number of ether oxygens (including phenoxy) is 1. The van der Waals surface area contributed by atoms with Crippen LogP contribution in [0.15, 0.2) is 85.1 Å². The molecule has 4 aromatic rings. The topological polar surface area (TPSA) is 48.3 Å². The molecule has 4 rings (SSSR count). The molecule has 0 amide bonds. The number of aromatic nitrogens is 1. The van der Waals surface area contributed by atoms with Crippen molar-refractivity contribution in [2.75, 3.05) is 6.61 Å². The van der Waals surface area contributed by atoms with Gasteiger partial charge in [-0.1, -0.05) is 48.5 Å². The van der Waals surface area contributed by atoms with E-state index in [0.29, 0.717) is 17.0 Å². The fourth-order valence-corrected chi connectivity index (χ4v) is 4.27. The highest BCUT2D eigenvalue weighted by atomic mass is 32.1. The monoisotopic (exact) mass is 401 g/mol. The molecule has 5 heteroatoms. The van der Waals surface area contributed by atoms with Crippen LogP contribution in [0, 0.1) is 0 Å². The van der Waals surface area contributed by atoms with Crippen LogP contribution in [0.3, 0.4) is 0 Å². The SMILES string of the molecule is CCOC(=O)c1sc(-c2cccn2C(=O)c2ccccc2)cc1-c1ccccc1. The molecular weight excluding hydrogens is 382 g/mol. The molecule has 0 spiro atoms. The predicted molar refractivity (Wildman–Crippen MR) is 115 cm³/mol. The Morgan fingerprint density at radius 1 is 0.931 bits per heavy atom. The summed E-state index contributed by atoms with van der Waals surface area (Å²) < 4.78 is 6.88. The van der Waals surface area contributed by atoms with Crippen molar-refractivity contribution in [2.24, 2.45) is 0 Å². The molecule has 4 nitrogen and oxygen atoms in total. The molecule has 0 N–H and O–H groups in total. The minimum absolute atomic E-state index is 0.113. The van der Waals surface area contributed by atoms with Gasteiger partial charge in [0.05, 0.1) is 17.2 Å². The van der Waals surface area contributed by atoms with Crippen molar-refractivity contribution in [1.82, 2.24) is 4.57 Å². The molecule has 2 aromatic heterocycles. The summed E-state index contributed by atoms with van der Waals surface area (Å²) >= 11 is 1.34. The summed E-state index contributed by atoms with van der Waals surface area (Å²) in [5.74, 6) is -0.465. The van der Waals surface area contributed by atoms with Gasteiger partial charge in [-0.25, -0.2) is 4.79 Å². The van der Waals surface area contributed by atoms with Crippen LogP contribution >= 0.6 is 11.3 Å². The van der Waals surface area contributed by atoms with Crippen molar-refractivity contribution >= 4 is 23.2 Å². The second-order valence-corrected chi connectivity index (χ2v) is 7.43. The van der Waals surface area contributed by atoms with Gasteiger partial charge in [-0.15, -0.1) is 11.3 Å². The molecule has 0 radical (unpaired) electrons. The lowest BCUT2D eigenvalue weighted by Crippen LogP contribution is -2.11. The highest BCUT2D eigenvalue weighted by Gasteiger charge is 2.22. The van der Waals surface area contributed by atoms with Crippen LogP contribution < -0.4 is 0 Å². The fourth-order valence-electron chi connectivity index (χ4n) is 3.18. The smallest absolute Gasteiger partial charge is 0.348 e. The number of nitrogens with zero attached hydrogens (tertiary/aromatic N) is 1. The Morgan fingerprint density at radius 3 is 2.31 bits per heavy atom. The Hall–Kier alpha value is -3.44. The number of benzene rings is 2. The van der Waals surface area contributed by atoms with Crippen molar-refractivity contribution in [3.63, 3.8) is 0 Å². The maximum atomic E-state index is 13.0. The summed E-state index contributed by atoms with van der Waals surface area (Å²) in [7, 11) is 0. The van der Waals surface area contributed by atoms with E-state index < -0.39 is 0 Å². The van der Waals surface area contributed by atoms with E-state index in [9.17, 15) is 9.59 Å². The van der Waals surface area contributed by atoms with E-state index in [1.807, 2.05) is 66.7 Å². The zero-order chi connectivity index (χ0) is 20.2. The summed E-state index contributed by atoms with van der Waals surface area (Å²) in [6.45, 7) is 2.10. The van der Waals surface area contributed by atoms with Crippen molar-refractivity contribution in [1.29, 1.82) is 0 Å². The van der Waals surface area contributed by atoms with E-state index in [1.165, 1.54) is 11.3 Å². The first-order chi connectivity index (χ1) is 14.2. The summed E-state index contributed by atoms with van der Waals surface area (Å²) in [5.41, 5.74) is 3.10. The number of hydrogen-bond donors (Lipinski definition) is 0. The molecule has 0 saturated heterocycles. The number of rotatable bonds is 5. The average molecular weight is 401 g/mol. The van der Waals surface area contributed by atoms with Crippen LogP contribution in [0.5, 0.6) is 0 Å². The first kappa shape index (κ1) is 18.9. The van der Waals surface area contributed by atoms with E-state index in [1.54, 1.807) is 29.8 Å². The Labute approximate surface area is 173 Å². The molecule has 0 aliphatic heterocycles. The summed E-state index contributed by atoms with van der Waals surface area (Å²) in [6.07, 6.45) is 1.75. The average Bonchev–Trinajstić information content (AvgIpc) is 3.42. The van der Waals surface area contributed by atoms with Gasteiger partial charge >= 0.3 is 5.97 Å². The van der Waals surface area contributed by atoms with Crippen LogP contribution in [0.4, 0.5) is 0 Å². The van der Waals surface area contributed by atoms with Gasteiger partial charge in [0.2, 0.25) is 0 Å². The van der Waals surface area contributed by atoms with E-state index >= 15 is 0 Å². The van der Waals surface area contributed by atoms with Crippen LogP contribution in [-0.4, -0.2) is 23.1 Å². The normalized spacial score (nSPS) is 10.7. The zero-order valence-electron chi connectivity index (χ0n) is 15.9. The minimum atomic E-state index is -0.352. The van der Waals surface area contributed by atoms with Gasteiger partial charge in [0.25, 0.3) is 5.91 Å². The van der Waals surface area contributed by atoms with Gasteiger partial charge in [0.15, 0.2) is 0 Å². The Morgan fingerprint density at radius 2 is 1.62 bits per heavy atom. The molecule has 0 atom stereocenters. The third kappa shape index (κ3) is 3.77. The molecular formula is C24H19NO3S. The third-order valence-electron chi connectivity index (χ3n) is 4.52. The van der Waals surface area contributed by atoms with Crippen LogP contribution in [0.1, 0.15) is 27.0 Å². The molecule has 144 valence electrons. The summed E-state index contributed by atoms with van der Waals surface area (Å²) in [4.78, 5) is 26.9. The van der Waals surface area contributed by atoms with E-state index in [2.05, 4.69) is 0 Å². The third-order valence-corrected chi connectivity index (χ3v) is 5.66. The van der Waals surface area contributed by atoms with Crippen molar-refractivity contribution in [3.8, 4) is 21.7 Å². The van der Waals surface area contributed by atoms with Crippen molar-refractivity contribution < 1.29 is 14.3 Å². The Kier molecular flexibility index (Phi) is 5.40. The number of thiophene rings is 1. The lowest BCUT2D eigenvalue weighted by atomic mass is 10.1. The van der Waals surface area contributed by atoms with E-state index in [4.69, 9.17) is 4.74 Å². The minimum Gasteiger partial charge on any atom is -0.462 e. The quantitative estimate of drug-likeness (QED) is 0.400. The van der Waals surface area contributed by atoms with E-state index in [-0.39, 0.29) is 11.9 Å². The van der Waals surface area contributed by atoms with Gasteiger partial charge in [-0.2, -0.15) is 0 Å². The van der Waals surface area contributed by atoms with Gasteiger partial charge in [0, 0.05) is 17.3 Å². The first-order valence-corrected chi connectivity index (χ1v) is 10.1. The Balaban J connectivity index is 1.80. The van der Waals surface area contributed by atoms with Gasteiger partial charge in [0.1, 0.15) is 4.88 Å². The van der Waals surface area contributed by atoms with Gasteiger partial charge < -0.3 is 4.74 Å². The molecule has 2 heterocycles. The number of carbonyl (C=O) groups is 2. The number of hydrogen-bond acceptors (Lipinski definition) is 4. The Bertz CT molecular complexity index is 1140. The molecule has 0 saturated carbocycles. The zero-order valence-corrected chi connectivity index (χ0v) is 16.7. The summed E-state index contributed by atoms with van der Waals surface area (Å²) in [5, 5.41) is 0. The van der Waals surface area contributed by atoms with E-state index in [0.717, 1.165) is 21.7 Å². The second-order valence-electron chi connectivity index (χ2n) is 6.37. The van der Waals surface area contributed by atoms with Crippen LogP contribution in [0.25, 0.3) is 21.7 Å². The number of carbonyl (C=O) groups excluding carboxylic acids is 2. The standard InChI is InChI=1S/C24H19NO3S/c1-2-28-24(27)22-19(17-10-5-3-6-11-17)16-21(29-22)20-14-9-15-25(20)23(26)18-12-7-4-8-13-18/h3-16H,2H2,1H3. The second kappa shape index (κ2) is 8.29. The maximum Gasteiger partial charge on any atom is 0.348 e. The van der Waals surface area contributed by atoms with Gasteiger partial charge in [-0.05, 0) is 42.8 Å². The van der Waals surface area contributed by atoms with Crippen LogP contribution in [0.2, 0.25) is 0 Å². The molecule has 0 fully saturated rings. The highest BCUT2D eigenvalue weighted by Crippen LogP contribution is 2.38. The van der Waals surface area contributed by atoms with Crippen molar-refractivity contribution in [3.05, 3.63) is 95.5 Å². The van der Waals surface area contributed by atoms with Gasteiger partial charge in [-0.3, -0.25) is 9.36 Å². The van der Waals surface area contributed by atoms with Crippen molar-refractivity contribution in [2.45, 2.75) is 6.92 Å². The largest absolute Gasteiger partial charge is 0.462 e. The maximum absolute atomic E-state index is 13.0. The number of esters is 1. The van der Waals surface area contributed by atoms with Crippen LogP contribution in [-0.2, 0) is 4.74 Å². The molecule has 0 aliphatic rings. The first-order valence-electron chi connectivity index (χ1n) is 9.33. The fraction of sp³-hybridized carbons (Fsp3) is 0.0833.